The number of nitrogens with zero attached hydrogens (tertiary/aromatic N) is 2. The highest BCUT2D eigenvalue weighted by atomic mass is 16.5. The maximum atomic E-state index is 12.3. The lowest BCUT2D eigenvalue weighted by molar-refractivity contribution is 0.0347. The van der Waals surface area contributed by atoms with Gasteiger partial charge in [0.25, 0.3) is 5.91 Å². The molecule has 96 valence electrons. The molecule has 1 aliphatic heterocycles. The second kappa shape index (κ2) is 3.95. The van der Waals surface area contributed by atoms with Crippen molar-refractivity contribution in [2.24, 2.45) is 11.7 Å². The van der Waals surface area contributed by atoms with E-state index in [1.807, 2.05) is 0 Å². The lowest BCUT2D eigenvalue weighted by Crippen LogP contribution is -2.69. The minimum absolute atomic E-state index is 0.0176. The SMILES string of the molecule is COc1cnccc1C(=O)N1CC(N)(C2CC2)C1. The summed E-state index contributed by atoms with van der Waals surface area (Å²) in [5.41, 5.74) is 6.67. The molecule has 5 heteroatoms. The van der Waals surface area contributed by atoms with Gasteiger partial charge in [-0.25, -0.2) is 0 Å². The van der Waals surface area contributed by atoms with Crippen LogP contribution in [0.1, 0.15) is 23.2 Å². The van der Waals surface area contributed by atoms with Crippen molar-refractivity contribution in [2.75, 3.05) is 20.2 Å². The first kappa shape index (κ1) is 11.5. The van der Waals surface area contributed by atoms with Crippen LogP contribution in [-0.4, -0.2) is 41.5 Å². The van der Waals surface area contributed by atoms with Gasteiger partial charge in [0.2, 0.25) is 0 Å². The van der Waals surface area contributed by atoms with Crippen molar-refractivity contribution in [1.82, 2.24) is 9.88 Å². The first-order valence-corrected chi connectivity index (χ1v) is 6.20. The Balaban J connectivity index is 1.72. The standard InChI is InChI=1S/C13H17N3O2/c1-18-11-6-15-5-4-10(11)12(17)16-7-13(14,8-16)9-2-3-9/h4-6,9H,2-3,7-8,14H2,1H3. The van der Waals surface area contributed by atoms with E-state index in [0.29, 0.717) is 30.3 Å². The molecule has 0 spiro atoms. The van der Waals surface area contributed by atoms with Crippen molar-refractivity contribution in [3.05, 3.63) is 24.0 Å². The van der Waals surface area contributed by atoms with Crippen molar-refractivity contribution in [1.29, 1.82) is 0 Å². The van der Waals surface area contributed by atoms with Crippen molar-refractivity contribution in [3.63, 3.8) is 0 Å². The molecule has 1 saturated carbocycles. The van der Waals surface area contributed by atoms with Gasteiger partial charge in [-0.1, -0.05) is 0 Å². The number of aromatic nitrogens is 1. The van der Waals surface area contributed by atoms with Crippen LogP contribution in [0.4, 0.5) is 0 Å². The second-order valence-electron chi connectivity index (χ2n) is 5.24. The molecule has 0 unspecified atom stereocenters. The summed E-state index contributed by atoms with van der Waals surface area (Å²) in [7, 11) is 1.54. The van der Waals surface area contributed by atoms with Gasteiger partial charge in [-0.2, -0.15) is 0 Å². The van der Waals surface area contributed by atoms with Gasteiger partial charge in [0.15, 0.2) is 0 Å². The lowest BCUT2D eigenvalue weighted by atomic mass is 9.85. The summed E-state index contributed by atoms with van der Waals surface area (Å²) in [5, 5.41) is 0. The van der Waals surface area contributed by atoms with E-state index >= 15 is 0 Å². The number of hydrogen-bond acceptors (Lipinski definition) is 4. The number of likely N-dealkylation sites (tertiary alicyclic amines) is 1. The Labute approximate surface area is 106 Å². The predicted octanol–water partition coefficient (Wildman–Crippen LogP) is 0.654. The molecule has 3 rings (SSSR count). The fraction of sp³-hybridized carbons (Fsp3) is 0.538. The molecule has 1 saturated heterocycles. The molecule has 18 heavy (non-hydrogen) atoms. The van der Waals surface area contributed by atoms with Gasteiger partial charge >= 0.3 is 0 Å². The summed E-state index contributed by atoms with van der Waals surface area (Å²) in [6.45, 7) is 1.31. The summed E-state index contributed by atoms with van der Waals surface area (Å²) in [6.07, 6.45) is 5.57. The maximum absolute atomic E-state index is 12.3. The van der Waals surface area contributed by atoms with E-state index in [1.54, 1.807) is 30.5 Å². The van der Waals surface area contributed by atoms with Crippen LogP contribution in [0, 0.1) is 5.92 Å². The van der Waals surface area contributed by atoms with E-state index in [1.165, 1.54) is 12.8 Å². The Bertz CT molecular complexity index is 479. The van der Waals surface area contributed by atoms with Gasteiger partial charge in [0, 0.05) is 19.3 Å². The molecule has 1 aromatic heterocycles. The highest BCUT2D eigenvalue weighted by Gasteiger charge is 2.51. The number of rotatable bonds is 3. The third-order valence-corrected chi connectivity index (χ3v) is 3.88. The van der Waals surface area contributed by atoms with Crippen molar-refractivity contribution < 1.29 is 9.53 Å². The molecule has 1 amide bonds. The Morgan fingerprint density at radius 2 is 2.28 bits per heavy atom. The molecule has 0 aromatic carbocycles. The average Bonchev–Trinajstić information content (AvgIpc) is 3.18. The predicted molar refractivity (Wildman–Crippen MR) is 66.3 cm³/mol. The van der Waals surface area contributed by atoms with E-state index in [-0.39, 0.29) is 11.4 Å². The van der Waals surface area contributed by atoms with Gasteiger partial charge in [-0.05, 0) is 24.8 Å². The van der Waals surface area contributed by atoms with Crippen molar-refractivity contribution in [3.8, 4) is 5.75 Å². The number of carbonyl (C=O) groups is 1. The first-order valence-electron chi connectivity index (χ1n) is 6.20. The molecular weight excluding hydrogens is 230 g/mol. The third kappa shape index (κ3) is 1.75. The van der Waals surface area contributed by atoms with Crippen LogP contribution in [0.15, 0.2) is 18.5 Å². The number of methoxy groups -OCH3 is 1. The number of hydrogen-bond donors (Lipinski definition) is 1. The van der Waals surface area contributed by atoms with Gasteiger partial charge in [-0.3, -0.25) is 9.78 Å². The summed E-state index contributed by atoms with van der Waals surface area (Å²) >= 11 is 0. The van der Waals surface area contributed by atoms with Crippen LogP contribution in [0.2, 0.25) is 0 Å². The summed E-state index contributed by atoms with van der Waals surface area (Å²) in [6, 6.07) is 1.69. The largest absolute Gasteiger partial charge is 0.494 e. The monoisotopic (exact) mass is 247 g/mol. The van der Waals surface area contributed by atoms with E-state index in [2.05, 4.69) is 4.98 Å². The smallest absolute Gasteiger partial charge is 0.257 e. The molecule has 2 fully saturated rings. The molecule has 0 atom stereocenters. The minimum Gasteiger partial charge on any atom is -0.494 e. The topological polar surface area (TPSA) is 68.5 Å². The Hall–Kier alpha value is -1.62. The highest BCUT2D eigenvalue weighted by molar-refractivity contribution is 5.97. The molecule has 5 nitrogen and oxygen atoms in total. The molecule has 2 N–H and O–H groups in total. The van der Waals surface area contributed by atoms with Crippen LogP contribution in [0.25, 0.3) is 0 Å². The second-order valence-corrected chi connectivity index (χ2v) is 5.24. The molecule has 0 bridgehead atoms. The van der Waals surface area contributed by atoms with E-state index < -0.39 is 0 Å². The highest BCUT2D eigenvalue weighted by Crippen LogP contribution is 2.43. The van der Waals surface area contributed by atoms with E-state index in [9.17, 15) is 4.79 Å². The number of pyridine rings is 1. The quantitative estimate of drug-likeness (QED) is 0.851. The third-order valence-electron chi connectivity index (χ3n) is 3.88. The van der Waals surface area contributed by atoms with Gasteiger partial charge in [0.05, 0.1) is 24.4 Å². The van der Waals surface area contributed by atoms with E-state index in [4.69, 9.17) is 10.5 Å². The van der Waals surface area contributed by atoms with Crippen LogP contribution >= 0.6 is 0 Å². The number of amides is 1. The Morgan fingerprint density at radius 1 is 1.56 bits per heavy atom. The average molecular weight is 247 g/mol. The van der Waals surface area contributed by atoms with E-state index in [0.717, 1.165) is 0 Å². The van der Waals surface area contributed by atoms with Crippen LogP contribution in [-0.2, 0) is 0 Å². The Kier molecular flexibility index (Phi) is 2.52. The zero-order chi connectivity index (χ0) is 12.8. The van der Waals surface area contributed by atoms with Crippen LogP contribution < -0.4 is 10.5 Å². The summed E-state index contributed by atoms with van der Waals surface area (Å²) in [5.74, 6) is 1.11. The molecule has 0 radical (unpaired) electrons. The fourth-order valence-electron chi connectivity index (χ4n) is 2.61. The molecule has 1 aromatic rings. The van der Waals surface area contributed by atoms with Crippen LogP contribution in [0.5, 0.6) is 5.75 Å². The normalized spacial score (nSPS) is 21.3. The number of carbonyl (C=O) groups excluding carboxylic acids is 1. The summed E-state index contributed by atoms with van der Waals surface area (Å²) in [4.78, 5) is 18.0. The van der Waals surface area contributed by atoms with Crippen molar-refractivity contribution in [2.45, 2.75) is 18.4 Å². The van der Waals surface area contributed by atoms with Crippen molar-refractivity contribution >= 4 is 5.91 Å². The minimum atomic E-state index is -0.143. The van der Waals surface area contributed by atoms with Gasteiger partial charge < -0.3 is 15.4 Å². The number of nitrogens with two attached hydrogens (primary N) is 1. The molecular formula is C13H17N3O2. The summed E-state index contributed by atoms with van der Waals surface area (Å²) < 4.78 is 5.16. The van der Waals surface area contributed by atoms with Gasteiger partial charge in [0.1, 0.15) is 5.75 Å². The van der Waals surface area contributed by atoms with Gasteiger partial charge in [-0.15, -0.1) is 0 Å². The van der Waals surface area contributed by atoms with Crippen LogP contribution in [0.3, 0.4) is 0 Å². The maximum Gasteiger partial charge on any atom is 0.257 e. The molecule has 1 aliphatic carbocycles. The first-order chi connectivity index (χ1) is 8.64. The Morgan fingerprint density at radius 3 is 2.89 bits per heavy atom. The zero-order valence-electron chi connectivity index (χ0n) is 10.4. The molecule has 2 heterocycles. The fourth-order valence-corrected chi connectivity index (χ4v) is 2.61. The zero-order valence-corrected chi connectivity index (χ0v) is 10.4. The molecule has 2 aliphatic rings. The number of ether oxygens (including phenoxy) is 1. The lowest BCUT2D eigenvalue weighted by Gasteiger charge is -2.48.